The molecule has 1 nitrogen and oxygen atoms in total. The molecule has 0 spiro atoms. The largest absolute Gasteiger partial charge is 0.456 e. The summed E-state index contributed by atoms with van der Waals surface area (Å²) in [5.41, 5.74) is 14.9. The van der Waals surface area contributed by atoms with Crippen molar-refractivity contribution >= 4 is 54.3 Å². The van der Waals surface area contributed by atoms with E-state index < -0.39 is 0 Å². The summed E-state index contributed by atoms with van der Waals surface area (Å²) in [5.74, 6) is 0. The Morgan fingerprint density at radius 3 is 1.80 bits per heavy atom. The van der Waals surface area contributed by atoms with Crippen LogP contribution in [-0.2, 0) is 5.41 Å². The van der Waals surface area contributed by atoms with Crippen LogP contribution in [0.3, 0.4) is 0 Å². The third kappa shape index (κ3) is 3.67. The van der Waals surface area contributed by atoms with Crippen molar-refractivity contribution in [1.82, 2.24) is 0 Å². The van der Waals surface area contributed by atoms with Crippen molar-refractivity contribution in [3.05, 3.63) is 169 Å². The van der Waals surface area contributed by atoms with E-state index in [1.54, 1.807) is 0 Å². The van der Waals surface area contributed by atoms with E-state index in [2.05, 4.69) is 172 Å². The van der Waals surface area contributed by atoms with Gasteiger partial charge in [-0.05, 0) is 118 Å². The van der Waals surface area contributed by atoms with Gasteiger partial charge in [0.2, 0.25) is 0 Å². The molecule has 0 unspecified atom stereocenters. The highest BCUT2D eigenvalue weighted by Crippen LogP contribution is 2.51. The van der Waals surface area contributed by atoms with Crippen LogP contribution < -0.4 is 0 Å². The standard InChI is InChI=1S/C49H32O/c1-49(2)41-19-8-7-14-33(41)34-23-22-31(28-42(34)49)30-12-9-13-32(27-30)45-35-15-3-5-17-37(35)47(38-18-6-4-16-36(38)45)39-25-26-44-48-40(39)24-21-29-11-10-20-43(50-44)46(29)48/h3-28H,1-2H3. The Balaban J connectivity index is 1.14. The minimum absolute atomic E-state index is 0.0381. The quantitative estimate of drug-likeness (QED) is 0.139. The van der Waals surface area contributed by atoms with Gasteiger partial charge in [0.1, 0.15) is 11.2 Å². The van der Waals surface area contributed by atoms with Crippen LogP contribution in [-0.4, -0.2) is 0 Å². The second kappa shape index (κ2) is 9.94. The lowest BCUT2D eigenvalue weighted by molar-refractivity contribution is 0.660. The summed E-state index contributed by atoms with van der Waals surface area (Å²) >= 11 is 0. The minimum Gasteiger partial charge on any atom is -0.456 e. The van der Waals surface area contributed by atoms with Gasteiger partial charge in [-0.15, -0.1) is 0 Å². The van der Waals surface area contributed by atoms with Crippen molar-refractivity contribution in [1.29, 1.82) is 0 Å². The van der Waals surface area contributed by atoms with E-state index in [4.69, 9.17) is 4.42 Å². The first kappa shape index (κ1) is 27.7. The summed E-state index contributed by atoms with van der Waals surface area (Å²) < 4.78 is 6.36. The van der Waals surface area contributed by atoms with E-state index in [0.717, 1.165) is 11.2 Å². The Morgan fingerprint density at radius 2 is 1.00 bits per heavy atom. The lowest BCUT2D eigenvalue weighted by atomic mass is 9.81. The van der Waals surface area contributed by atoms with Crippen LogP contribution >= 0.6 is 0 Å². The van der Waals surface area contributed by atoms with Gasteiger partial charge in [0.15, 0.2) is 0 Å². The van der Waals surface area contributed by atoms with Crippen molar-refractivity contribution < 1.29 is 4.42 Å². The third-order valence-corrected chi connectivity index (χ3v) is 11.4. The highest BCUT2D eigenvalue weighted by Gasteiger charge is 2.35. The number of furan rings is 1. The molecule has 0 atom stereocenters. The molecular formula is C49H32O. The monoisotopic (exact) mass is 636 g/mol. The topological polar surface area (TPSA) is 13.1 Å². The molecule has 0 fully saturated rings. The molecule has 11 rings (SSSR count). The van der Waals surface area contributed by atoms with Gasteiger partial charge in [0, 0.05) is 16.2 Å². The summed E-state index contributed by atoms with van der Waals surface area (Å²) in [6.07, 6.45) is 0. The molecule has 0 saturated carbocycles. The molecule has 1 heterocycles. The Morgan fingerprint density at radius 1 is 0.380 bits per heavy atom. The minimum atomic E-state index is -0.0381. The lowest BCUT2D eigenvalue weighted by Gasteiger charge is -2.22. The predicted molar refractivity (Wildman–Crippen MR) is 211 cm³/mol. The average molecular weight is 637 g/mol. The van der Waals surface area contributed by atoms with Crippen molar-refractivity contribution in [2.45, 2.75) is 19.3 Å². The molecule has 234 valence electrons. The number of fused-ring (bicyclic) bond motifs is 5. The smallest absolute Gasteiger partial charge is 0.136 e. The van der Waals surface area contributed by atoms with E-state index in [1.807, 2.05) is 0 Å². The molecule has 0 saturated heterocycles. The van der Waals surface area contributed by atoms with Crippen LogP contribution in [0.2, 0.25) is 0 Å². The lowest BCUT2D eigenvalue weighted by Crippen LogP contribution is -2.14. The van der Waals surface area contributed by atoms with Crippen LogP contribution in [0, 0.1) is 0 Å². The Kier molecular flexibility index (Phi) is 5.51. The van der Waals surface area contributed by atoms with Crippen LogP contribution in [0.25, 0.3) is 98.8 Å². The number of benzene rings is 9. The summed E-state index contributed by atoms with van der Waals surface area (Å²) in [6.45, 7) is 4.71. The van der Waals surface area contributed by atoms with Gasteiger partial charge in [-0.2, -0.15) is 0 Å². The maximum Gasteiger partial charge on any atom is 0.136 e. The molecule has 0 radical (unpaired) electrons. The van der Waals surface area contributed by atoms with Crippen molar-refractivity contribution in [3.8, 4) is 44.5 Å². The first-order valence-electron chi connectivity index (χ1n) is 17.5. The van der Waals surface area contributed by atoms with Crippen molar-refractivity contribution in [3.63, 3.8) is 0 Å². The number of hydrogen-bond donors (Lipinski definition) is 0. The maximum atomic E-state index is 6.36. The van der Waals surface area contributed by atoms with Gasteiger partial charge in [-0.1, -0.05) is 141 Å². The van der Waals surface area contributed by atoms with Crippen molar-refractivity contribution in [2.75, 3.05) is 0 Å². The molecule has 50 heavy (non-hydrogen) atoms. The van der Waals surface area contributed by atoms with E-state index in [9.17, 15) is 0 Å². The first-order valence-corrected chi connectivity index (χ1v) is 17.5. The molecule has 10 aromatic rings. The summed E-state index contributed by atoms with van der Waals surface area (Å²) in [6, 6.07) is 58.3. The van der Waals surface area contributed by atoms with E-state index in [0.29, 0.717) is 0 Å². The highest BCUT2D eigenvalue weighted by atomic mass is 16.3. The Hall–Kier alpha value is -6.18. The molecule has 9 aromatic carbocycles. The zero-order valence-electron chi connectivity index (χ0n) is 27.9. The maximum absolute atomic E-state index is 6.36. The fraction of sp³-hybridized carbons (Fsp3) is 0.0612. The summed E-state index contributed by atoms with van der Waals surface area (Å²) in [7, 11) is 0. The van der Waals surface area contributed by atoms with E-state index >= 15 is 0 Å². The van der Waals surface area contributed by atoms with Crippen LogP contribution in [0.15, 0.2) is 162 Å². The number of hydrogen-bond acceptors (Lipinski definition) is 1. The molecule has 1 aliphatic carbocycles. The molecule has 0 bridgehead atoms. The highest BCUT2D eigenvalue weighted by molar-refractivity contribution is 6.28. The molecule has 1 aliphatic rings. The zero-order chi connectivity index (χ0) is 33.1. The SMILES string of the molecule is CC1(C)c2ccccc2-c2ccc(-c3cccc(-c4c5ccccc5c(-c5ccc6oc7cccc8ccc5c6c87)c5ccccc45)c3)cc21. The van der Waals surface area contributed by atoms with Crippen LogP contribution in [0.5, 0.6) is 0 Å². The molecular weight excluding hydrogens is 605 g/mol. The molecule has 1 aromatic heterocycles. The van der Waals surface area contributed by atoms with E-state index in [-0.39, 0.29) is 5.41 Å². The van der Waals surface area contributed by atoms with Gasteiger partial charge >= 0.3 is 0 Å². The van der Waals surface area contributed by atoms with Crippen LogP contribution in [0.4, 0.5) is 0 Å². The van der Waals surface area contributed by atoms with Gasteiger partial charge in [-0.3, -0.25) is 0 Å². The first-order chi connectivity index (χ1) is 24.6. The summed E-state index contributed by atoms with van der Waals surface area (Å²) in [4.78, 5) is 0. The summed E-state index contributed by atoms with van der Waals surface area (Å²) in [5, 5.41) is 9.89. The number of rotatable bonds is 3. The Labute approximate surface area is 290 Å². The molecule has 1 heteroatoms. The van der Waals surface area contributed by atoms with Gasteiger partial charge in [0.25, 0.3) is 0 Å². The average Bonchev–Trinajstić information content (AvgIpc) is 3.66. The third-order valence-electron chi connectivity index (χ3n) is 11.4. The fourth-order valence-corrected chi connectivity index (χ4v) is 9.13. The van der Waals surface area contributed by atoms with Gasteiger partial charge in [0.05, 0.1) is 0 Å². The molecule has 0 N–H and O–H groups in total. The molecule has 0 aliphatic heterocycles. The normalized spacial score (nSPS) is 13.6. The Bertz CT molecular complexity index is 2950. The molecule has 0 amide bonds. The second-order valence-corrected chi connectivity index (χ2v) is 14.4. The fourth-order valence-electron chi connectivity index (χ4n) is 9.13. The van der Waals surface area contributed by atoms with E-state index in [1.165, 1.54) is 98.7 Å². The van der Waals surface area contributed by atoms with Gasteiger partial charge in [-0.25, -0.2) is 0 Å². The van der Waals surface area contributed by atoms with Crippen molar-refractivity contribution in [2.24, 2.45) is 0 Å². The predicted octanol–water partition coefficient (Wildman–Crippen LogP) is 13.8. The van der Waals surface area contributed by atoms with Crippen LogP contribution in [0.1, 0.15) is 25.0 Å². The second-order valence-electron chi connectivity index (χ2n) is 14.4. The van der Waals surface area contributed by atoms with Gasteiger partial charge < -0.3 is 4.42 Å². The zero-order valence-corrected chi connectivity index (χ0v) is 27.9.